The van der Waals surface area contributed by atoms with Crippen molar-refractivity contribution in [3.8, 4) is 11.4 Å². The standard InChI is InChI=1S/C19H18N4O3/c1-2-26-15-10-8-14(9-11-15)18(24)21-22-19(25)16-6-3-4-7-17(16)23-13-5-12-20-23/h3-13H,2H2,1H3,(H,21,24)(H,22,25). The molecule has 3 rings (SSSR count). The van der Waals surface area contributed by atoms with E-state index >= 15 is 0 Å². The number of aromatic nitrogens is 2. The van der Waals surface area contributed by atoms with Gasteiger partial charge in [-0.25, -0.2) is 4.68 Å². The number of hydrogen-bond acceptors (Lipinski definition) is 4. The third kappa shape index (κ3) is 3.89. The Kier molecular flexibility index (Phi) is 5.28. The minimum absolute atomic E-state index is 0.392. The maximum Gasteiger partial charge on any atom is 0.271 e. The molecule has 0 fully saturated rings. The monoisotopic (exact) mass is 350 g/mol. The number of benzene rings is 2. The van der Waals surface area contributed by atoms with Gasteiger partial charge in [-0.3, -0.25) is 20.4 Å². The molecule has 0 aliphatic heterocycles. The molecule has 2 amide bonds. The Morgan fingerprint density at radius 2 is 1.73 bits per heavy atom. The van der Waals surface area contributed by atoms with Gasteiger partial charge in [-0.15, -0.1) is 0 Å². The fourth-order valence-electron chi connectivity index (χ4n) is 2.40. The van der Waals surface area contributed by atoms with Crippen LogP contribution in [0.5, 0.6) is 5.75 Å². The van der Waals surface area contributed by atoms with Gasteiger partial charge in [0, 0.05) is 18.0 Å². The molecular weight excluding hydrogens is 332 g/mol. The summed E-state index contributed by atoms with van der Waals surface area (Å²) in [6, 6.07) is 15.4. The molecule has 26 heavy (non-hydrogen) atoms. The SMILES string of the molecule is CCOc1ccc(C(=O)NNC(=O)c2ccccc2-n2cccn2)cc1. The summed E-state index contributed by atoms with van der Waals surface area (Å²) in [5.41, 5.74) is 6.26. The second kappa shape index (κ2) is 7.98. The van der Waals surface area contributed by atoms with Crippen LogP contribution in [0.25, 0.3) is 5.69 Å². The summed E-state index contributed by atoms with van der Waals surface area (Å²) in [5, 5.41) is 4.13. The predicted octanol–water partition coefficient (Wildman–Crippen LogP) is 2.35. The van der Waals surface area contributed by atoms with E-state index in [2.05, 4.69) is 16.0 Å². The summed E-state index contributed by atoms with van der Waals surface area (Å²) in [6.45, 7) is 2.44. The molecule has 0 spiro atoms. The molecule has 0 atom stereocenters. The van der Waals surface area contributed by atoms with E-state index in [0.29, 0.717) is 29.2 Å². The van der Waals surface area contributed by atoms with Crippen LogP contribution in [0.2, 0.25) is 0 Å². The van der Waals surface area contributed by atoms with Gasteiger partial charge < -0.3 is 4.74 Å². The Labute approximate surface area is 150 Å². The summed E-state index contributed by atoms with van der Waals surface area (Å²) < 4.78 is 6.92. The third-order valence-corrected chi connectivity index (χ3v) is 3.62. The van der Waals surface area contributed by atoms with Crippen molar-refractivity contribution >= 4 is 11.8 Å². The van der Waals surface area contributed by atoms with Gasteiger partial charge in [0.25, 0.3) is 11.8 Å². The van der Waals surface area contributed by atoms with Crippen molar-refractivity contribution in [1.82, 2.24) is 20.6 Å². The molecular formula is C19H18N4O3. The summed E-state index contributed by atoms with van der Waals surface area (Å²) in [4.78, 5) is 24.6. The lowest BCUT2D eigenvalue weighted by molar-refractivity contribution is 0.0846. The Bertz CT molecular complexity index is 889. The molecule has 1 aromatic heterocycles. The minimum Gasteiger partial charge on any atom is -0.494 e. The van der Waals surface area contributed by atoms with Crippen molar-refractivity contribution in [3.05, 3.63) is 78.1 Å². The number of hydrogen-bond donors (Lipinski definition) is 2. The van der Waals surface area contributed by atoms with Crippen LogP contribution in [0, 0.1) is 0 Å². The van der Waals surface area contributed by atoms with Crippen LogP contribution in [0.3, 0.4) is 0 Å². The molecule has 0 unspecified atom stereocenters. The minimum atomic E-state index is -0.435. The summed E-state index contributed by atoms with van der Waals surface area (Å²) >= 11 is 0. The van der Waals surface area contributed by atoms with Gasteiger partial charge in [-0.05, 0) is 49.4 Å². The molecule has 0 radical (unpaired) electrons. The molecule has 7 nitrogen and oxygen atoms in total. The Hall–Kier alpha value is -3.61. The highest BCUT2D eigenvalue weighted by Crippen LogP contribution is 2.14. The predicted molar refractivity (Wildman–Crippen MR) is 96.1 cm³/mol. The average molecular weight is 350 g/mol. The van der Waals surface area contributed by atoms with E-state index < -0.39 is 11.8 Å². The largest absolute Gasteiger partial charge is 0.494 e. The molecule has 0 saturated heterocycles. The number of nitrogens with one attached hydrogen (secondary N) is 2. The third-order valence-electron chi connectivity index (χ3n) is 3.62. The lowest BCUT2D eigenvalue weighted by Crippen LogP contribution is -2.42. The second-order valence-corrected chi connectivity index (χ2v) is 5.33. The molecule has 0 aliphatic rings. The fourth-order valence-corrected chi connectivity index (χ4v) is 2.40. The second-order valence-electron chi connectivity index (χ2n) is 5.33. The van der Waals surface area contributed by atoms with Crippen LogP contribution in [0.15, 0.2) is 67.0 Å². The van der Waals surface area contributed by atoms with Crippen LogP contribution in [-0.4, -0.2) is 28.2 Å². The number of ether oxygens (including phenoxy) is 1. The average Bonchev–Trinajstić information content (AvgIpc) is 3.21. The molecule has 132 valence electrons. The van der Waals surface area contributed by atoms with Gasteiger partial charge in [-0.2, -0.15) is 5.10 Å². The van der Waals surface area contributed by atoms with Crippen LogP contribution < -0.4 is 15.6 Å². The quantitative estimate of drug-likeness (QED) is 0.692. The molecule has 3 aromatic rings. The van der Waals surface area contributed by atoms with E-state index in [1.807, 2.05) is 13.0 Å². The van der Waals surface area contributed by atoms with Crippen molar-refractivity contribution in [1.29, 1.82) is 0 Å². The first kappa shape index (κ1) is 17.2. The lowest BCUT2D eigenvalue weighted by atomic mass is 10.1. The van der Waals surface area contributed by atoms with E-state index in [1.165, 1.54) is 0 Å². The van der Waals surface area contributed by atoms with Gasteiger partial charge in [0.1, 0.15) is 5.75 Å². The first-order valence-corrected chi connectivity index (χ1v) is 8.11. The topological polar surface area (TPSA) is 85.3 Å². The van der Waals surface area contributed by atoms with E-state index in [0.717, 1.165) is 0 Å². The zero-order valence-corrected chi connectivity index (χ0v) is 14.2. The smallest absolute Gasteiger partial charge is 0.271 e. The van der Waals surface area contributed by atoms with Crippen molar-refractivity contribution < 1.29 is 14.3 Å². The molecule has 7 heteroatoms. The first-order valence-electron chi connectivity index (χ1n) is 8.11. The van der Waals surface area contributed by atoms with Crippen LogP contribution in [0.4, 0.5) is 0 Å². The van der Waals surface area contributed by atoms with Crippen LogP contribution in [0.1, 0.15) is 27.6 Å². The van der Waals surface area contributed by atoms with Crippen LogP contribution in [-0.2, 0) is 0 Å². The Morgan fingerprint density at radius 3 is 2.42 bits per heavy atom. The van der Waals surface area contributed by atoms with Crippen LogP contribution >= 0.6 is 0 Å². The highest BCUT2D eigenvalue weighted by molar-refractivity contribution is 6.01. The normalized spacial score (nSPS) is 10.2. The Balaban J connectivity index is 1.67. The molecule has 1 heterocycles. The maximum atomic E-state index is 12.4. The van der Waals surface area contributed by atoms with Gasteiger partial charge >= 0.3 is 0 Å². The number of rotatable bonds is 5. The zero-order valence-electron chi connectivity index (χ0n) is 14.2. The van der Waals surface area contributed by atoms with E-state index in [9.17, 15) is 9.59 Å². The highest BCUT2D eigenvalue weighted by Gasteiger charge is 2.14. The van der Waals surface area contributed by atoms with Crippen molar-refractivity contribution in [2.24, 2.45) is 0 Å². The molecule has 0 saturated carbocycles. The van der Waals surface area contributed by atoms with E-state index in [1.54, 1.807) is 65.6 Å². The molecule has 0 aliphatic carbocycles. The van der Waals surface area contributed by atoms with Gasteiger partial charge in [0.2, 0.25) is 0 Å². The number of hydrazine groups is 1. The van der Waals surface area contributed by atoms with Gasteiger partial charge in [-0.1, -0.05) is 12.1 Å². The fraction of sp³-hybridized carbons (Fsp3) is 0.105. The molecule has 2 N–H and O–H groups in total. The van der Waals surface area contributed by atoms with Crippen molar-refractivity contribution in [3.63, 3.8) is 0 Å². The Morgan fingerprint density at radius 1 is 1.00 bits per heavy atom. The maximum absolute atomic E-state index is 12.4. The zero-order chi connectivity index (χ0) is 18.4. The molecule has 2 aromatic carbocycles. The van der Waals surface area contributed by atoms with E-state index in [-0.39, 0.29) is 0 Å². The summed E-state index contributed by atoms with van der Waals surface area (Å²) in [7, 11) is 0. The molecule has 0 bridgehead atoms. The van der Waals surface area contributed by atoms with Crippen molar-refractivity contribution in [2.75, 3.05) is 6.61 Å². The summed E-state index contributed by atoms with van der Waals surface area (Å²) in [5.74, 6) is -0.172. The lowest BCUT2D eigenvalue weighted by Gasteiger charge is -2.11. The number of amides is 2. The van der Waals surface area contributed by atoms with Gasteiger partial charge in [0.05, 0.1) is 17.9 Å². The highest BCUT2D eigenvalue weighted by atomic mass is 16.5. The van der Waals surface area contributed by atoms with Gasteiger partial charge in [0.15, 0.2) is 0 Å². The number of nitrogens with zero attached hydrogens (tertiary/aromatic N) is 2. The summed E-state index contributed by atoms with van der Waals surface area (Å²) in [6.07, 6.45) is 3.37. The number of carbonyl (C=O) groups is 2. The first-order chi connectivity index (χ1) is 12.7. The van der Waals surface area contributed by atoms with E-state index in [4.69, 9.17) is 4.74 Å². The van der Waals surface area contributed by atoms with Crippen molar-refractivity contribution in [2.45, 2.75) is 6.92 Å². The number of carbonyl (C=O) groups excluding carboxylic acids is 2. The number of para-hydroxylation sites is 1.